The van der Waals surface area contributed by atoms with Crippen molar-refractivity contribution in [2.75, 3.05) is 33.4 Å². The fourth-order valence-electron chi connectivity index (χ4n) is 1.55. The number of nitrogens with two attached hydrogens (primary N) is 1. The van der Waals surface area contributed by atoms with Gasteiger partial charge >= 0.3 is 0 Å². The highest BCUT2D eigenvalue weighted by atomic mass is 16.5. The summed E-state index contributed by atoms with van der Waals surface area (Å²) in [5, 5.41) is 3.90. The molecule has 0 saturated heterocycles. The first-order valence-electron chi connectivity index (χ1n) is 6.00. The van der Waals surface area contributed by atoms with E-state index in [1.54, 1.807) is 7.11 Å². The molecule has 1 atom stereocenters. The van der Waals surface area contributed by atoms with Gasteiger partial charge in [0.15, 0.2) is 5.82 Å². The summed E-state index contributed by atoms with van der Waals surface area (Å²) in [6.07, 6.45) is 0.626. The van der Waals surface area contributed by atoms with Crippen LogP contribution in [0.1, 0.15) is 31.6 Å². The lowest BCUT2D eigenvalue weighted by atomic mass is 10.2. The van der Waals surface area contributed by atoms with Crippen LogP contribution < -0.4 is 5.73 Å². The zero-order chi connectivity index (χ0) is 12.7. The number of nitrogens with zero attached hydrogens (tertiary/aromatic N) is 3. The van der Waals surface area contributed by atoms with Crippen molar-refractivity contribution in [2.24, 2.45) is 5.73 Å². The second-order valence-electron chi connectivity index (χ2n) is 3.88. The summed E-state index contributed by atoms with van der Waals surface area (Å²) in [5.74, 6) is 1.15. The van der Waals surface area contributed by atoms with E-state index in [9.17, 15) is 0 Å². The number of hydrogen-bond acceptors (Lipinski definition) is 6. The van der Waals surface area contributed by atoms with E-state index in [0.29, 0.717) is 24.7 Å². The van der Waals surface area contributed by atoms with Crippen molar-refractivity contribution in [2.45, 2.75) is 26.3 Å². The lowest BCUT2D eigenvalue weighted by Crippen LogP contribution is -2.32. The Kier molecular flexibility index (Phi) is 6.10. The van der Waals surface area contributed by atoms with E-state index in [4.69, 9.17) is 15.0 Å². The molecule has 0 bridgehead atoms. The first kappa shape index (κ1) is 14.1. The first-order chi connectivity index (χ1) is 8.21. The molecule has 1 aromatic heterocycles. The molecule has 0 aliphatic rings. The Balaban J connectivity index is 2.50. The Hall–Kier alpha value is -0.980. The molecule has 0 amide bonds. The van der Waals surface area contributed by atoms with E-state index < -0.39 is 0 Å². The van der Waals surface area contributed by atoms with Gasteiger partial charge in [0.1, 0.15) is 0 Å². The van der Waals surface area contributed by atoms with Gasteiger partial charge in [-0.1, -0.05) is 19.0 Å². The second-order valence-corrected chi connectivity index (χ2v) is 3.88. The number of likely N-dealkylation sites (N-methyl/N-ethyl adjacent to an activating group) is 1. The molecule has 2 N–H and O–H groups in total. The van der Waals surface area contributed by atoms with Crippen LogP contribution in [0, 0.1) is 0 Å². The van der Waals surface area contributed by atoms with Crippen molar-refractivity contribution in [3.8, 4) is 0 Å². The minimum Gasteiger partial charge on any atom is -0.384 e. The van der Waals surface area contributed by atoms with E-state index in [-0.39, 0.29) is 6.04 Å². The van der Waals surface area contributed by atoms with Crippen LogP contribution in [0.15, 0.2) is 4.52 Å². The van der Waals surface area contributed by atoms with Crippen molar-refractivity contribution < 1.29 is 9.26 Å². The van der Waals surface area contributed by atoms with Gasteiger partial charge in [-0.25, -0.2) is 0 Å². The molecule has 0 fully saturated rings. The summed E-state index contributed by atoms with van der Waals surface area (Å²) in [7, 11) is 1.64. The second kappa shape index (κ2) is 7.37. The minimum atomic E-state index is -0.199. The quantitative estimate of drug-likeness (QED) is 0.719. The van der Waals surface area contributed by atoms with E-state index in [2.05, 4.69) is 28.9 Å². The van der Waals surface area contributed by atoms with Crippen LogP contribution in [0.3, 0.4) is 0 Å². The SMILES string of the molecule is CCN(CC)CC(N)c1noc(CCOC)n1. The number of rotatable bonds is 8. The van der Waals surface area contributed by atoms with Crippen molar-refractivity contribution in [3.05, 3.63) is 11.7 Å². The molecule has 17 heavy (non-hydrogen) atoms. The number of methoxy groups -OCH3 is 1. The molecule has 1 rings (SSSR count). The Morgan fingerprint density at radius 1 is 1.41 bits per heavy atom. The topological polar surface area (TPSA) is 77.4 Å². The molecular formula is C11H22N4O2. The maximum absolute atomic E-state index is 6.03. The Labute approximate surface area is 102 Å². The van der Waals surface area contributed by atoms with Gasteiger partial charge in [-0.05, 0) is 13.1 Å². The monoisotopic (exact) mass is 242 g/mol. The highest BCUT2D eigenvalue weighted by Gasteiger charge is 2.16. The van der Waals surface area contributed by atoms with Crippen LogP contribution >= 0.6 is 0 Å². The minimum absolute atomic E-state index is 0.199. The van der Waals surface area contributed by atoms with Gasteiger partial charge in [0.25, 0.3) is 0 Å². The third-order valence-corrected chi connectivity index (χ3v) is 2.68. The zero-order valence-corrected chi connectivity index (χ0v) is 10.8. The van der Waals surface area contributed by atoms with Gasteiger partial charge < -0.3 is 19.9 Å². The van der Waals surface area contributed by atoms with Crippen molar-refractivity contribution in [1.82, 2.24) is 15.0 Å². The van der Waals surface area contributed by atoms with Crippen LogP contribution in [0.5, 0.6) is 0 Å². The van der Waals surface area contributed by atoms with Crippen LogP contribution in [0.2, 0.25) is 0 Å². The highest BCUT2D eigenvalue weighted by molar-refractivity contribution is 4.94. The first-order valence-corrected chi connectivity index (χ1v) is 6.00. The number of ether oxygens (including phenoxy) is 1. The van der Waals surface area contributed by atoms with Gasteiger partial charge in [-0.2, -0.15) is 4.98 Å². The molecule has 1 heterocycles. The van der Waals surface area contributed by atoms with Crippen LogP contribution in [0.25, 0.3) is 0 Å². The molecule has 6 heteroatoms. The zero-order valence-electron chi connectivity index (χ0n) is 10.8. The van der Waals surface area contributed by atoms with Crippen molar-refractivity contribution >= 4 is 0 Å². The van der Waals surface area contributed by atoms with Gasteiger partial charge in [-0.15, -0.1) is 0 Å². The van der Waals surface area contributed by atoms with E-state index in [0.717, 1.165) is 19.6 Å². The third-order valence-electron chi connectivity index (χ3n) is 2.68. The molecule has 0 aliphatic heterocycles. The fraction of sp³-hybridized carbons (Fsp3) is 0.818. The van der Waals surface area contributed by atoms with Crippen molar-refractivity contribution in [3.63, 3.8) is 0 Å². The van der Waals surface area contributed by atoms with E-state index >= 15 is 0 Å². The molecule has 98 valence electrons. The molecule has 0 radical (unpaired) electrons. The summed E-state index contributed by atoms with van der Waals surface area (Å²) >= 11 is 0. The van der Waals surface area contributed by atoms with Gasteiger partial charge in [0.05, 0.1) is 19.1 Å². The molecule has 1 unspecified atom stereocenters. The summed E-state index contributed by atoms with van der Waals surface area (Å²) in [6, 6.07) is -0.199. The largest absolute Gasteiger partial charge is 0.384 e. The number of hydrogen-bond donors (Lipinski definition) is 1. The van der Waals surface area contributed by atoms with Gasteiger partial charge in [0, 0.05) is 13.7 Å². The van der Waals surface area contributed by atoms with Gasteiger partial charge in [0.2, 0.25) is 5.89 Å². The maximum atomic E-state index is 6.03. The summed E-state index contributed by atoms with van der Waals surface area (Å²) in [6.45, 7) is 7.48. The van der Waals surface area contributed by atoms with Crippen LogP contribution in [-0.2, 0) is 11.2 Å². The average molecular weight is 242 g/mol. The fourth-order valence-corrected chi connectivity index (χ4v) is 1.55. The Morgan fingerprint density at radius 2 is 2.12 bits per heavy atom. The summed E-state index contributed by atoms with van der Waals surface area (Å²) in [5.41, 5.74) is 6.03. The normalized spacial score (nSPS) is 13.2. The maximum Gasteiger partial charge on any atom is 0.229 e. The molecule has 0 aliphatic carbocycles. The number of aromatic nitrogens is 2. The van der Waals surface area contributed by atoms with Crippen molar-refractivity contribution in [1.29, 1.82) is 0 Å². The Bertz CT molecular complexity index is 312. The Morgan fingerprint density at radius 3 is 2.71 bits per heavy atom. The third kappa shape index (κ3) is 4.41. The predicted molar refractivity (Wildman–Crippen MR) is 64.6 cm³/mol. The van der Waals surface area contributed by atoms with E-state index in [1.807, 2.05) is 0 Å². The average Bonchev–Trinajstić information content (AvgIpc) is 2.82. The van der Waals surface area contributed by atoms with E-state index in [1.165, 1.54) is 0 Å². The molecule has 1 aromatic rings. The molecule has 0 saturated carbocycles. The lowest BCUT2D eigenvalue weighted by molar-refractivity contribution is 0.192. The molecular weight excluding hydrogens is 220 g/mol. The standard InChI is InChI=1S/C11H22N4O2/c1-4-15(5-2)8-9(12)11-13-10(17-14-11)6-7-16-3/h9H,4-8,12H2,1-3H3. The lowest BCUT2D eigenvalue weighted by Gasteiger charge is -2.20. The van der Waals surface area contributed by atoms with Crippen LogP contribution in [0.4, 0.5) is 0 Å². The predicted octanol–water partition coefficient (Wildman–Crippen LogP) is 0.600. The highest BCUT2D eigenvalue weighted by Crippen LogP contribution is 2.08. The molecule has 6 nitrogen and oxygen atoms in total. The summed E-state index contributed by atoms with van der Waals surface area (Å²) in [4.78, 5) is 6.49. The summed E-state index contributed by atoms with van der Waals surface area (Å²) < 4.78 is 10.0. The molecule has 0 aromatic carbocycles. The smallest absolute Gasteiger partial charge is 0.229 e. The molecule has 0 spiro atoms. The van der Waals surface area contributed by atoms with Gasteiger partial charge in [-0.3, -0.25) is 0 Å². The van der Waals surface area contributed by atoms with Crippen LogP contribution in [-0.4, -0.2) is 48.4 Å².